The van der Waals surface area contributed by atoms with Crippen molar-refractivity contribution in [1.29, 1.82) is 0 Å². The highest BCUT2D eigenvalue weighted by Gasteiger charge is 2.33. The minimum atomic E-state index is -0.453. The number of esters is 1. The van der Waals surface area contributed by atoms with Crippen LogP contribution in [-0.2, 0) is 19.1 Å². The van der Waals surface area contributed by atoms with Gasteiger partial charge in [0.1, 0.15) is 6.10 Å². The Morgan fingerprint density at radius 2 is 1.93 bits per heavy atom. The van der Waals surface area contributed by atoms with Crippen molar-refractivity contribution in [1.82, 2.24) is 4.90 Å². The number of piperidine rings is 1. The molecule has 0 spiro atoms. The van der Waals surface area contributed by atoms with Gasteiger partial charge >= 0.3 is 5.97 Å². The van der Waals surface area contributed by atoms with Crippen LogP contribution in [0.1, 0.15) is 43.0 Å². The summed E-state index contributed by atoms with van der Waals surface area (Å²) in [7, 11) is 0. The molecule has 0 radical (unpaired) electrons. The largest absolute Gasteiger partial charge is 0.462 e. The van der Waals surface area contributed by atoms with E-state index in [1.807, 2.05) is 0 Å². The molecule has 2 aliphatic heterocycles. The fraction of sp³-hybridized carbons (Fsp3) is 0.550. The zero-order chi connectivity index (χ0) is 19.2. The molecule has 2 aliphatic rings. The van der Waals surface area contributed by atoms with E-state index in [9.17, 15) is 14.4 Å². The zero-order valence-corrected chi connectivity index (χ0v) is 15.6. The summed E-state index contributed by atoms with van der Waals surface area (Å²) in [5.74, 6) is -0.728. The number of nitrogens with one attached hydrogen (secondary N) is 1. The lowest BCUT2D eigenvalue weighted by Gasteiger charge is -2.32. The number of hydrogen-bond donors (Lipinski definition) is 1. The van der Waals surface area contributed by atoms with Gasteiger partial charge in [-0.3, -0.25) is 9.59 Å². The Balaban J connectivity index is 1.56. The van der Waals surface area contributed by atoms with Gasteiger partial charge in [0.25, 0.3) is 5.91 Å². The molecule has 1 atom stereocenters. The van der Waals surface area contributed by atoms with Gasteiger partial charge in [-0.25, -0.2) is 4.79 Å². The number of para-hydroxylation sites is 1. The Bertz CT molecular complexity index is 691. The fourth-order valence-electron chi connectivity index (χ4n) is 3.55. The van der Waals surface area contributed by atoms with Crippen LogP contribution in [0.25, 0.3) is 0 Å². The highest BCUT2D eigenvalue weighted by molar-refractivity contribution is 6.01. The molecule has 2 fully saturated rings. The number of benzene rings is 1. The quantitative estimate of drug-likeness (QED) is 0.799. The number of carbonyl (C=O) groups is 3. The first kappa shape index (κ1) is 19.4. The lowest BCUT2D eigenvalue weighted by atomic mass is 9.95. The van der Waals surface area contributed by atoms with Gasteiger partial charge in [-0.2, -0.15) is 0 Å². The summed E-state index contributed by atoms with van der Waals surface area (Å²) in [5, 5.41) is 2.85. The standard InChI is InChI=1S/C20H26N2O5/c1-2-26-20(25)15-6-3-4-7-16(15)21-18(23)14-9-11-22(12-10-14)19(24)17-8-5-13-27-17/h3-4,6-7,14,17H,2,5,8-13H2,1H3,(H,21,23). The Kier molecular flexibility index (Phi) is 6.45. The summed E-state index contributed by atoms with van der Waals surface area (Å²) in [4.78, 5) is 38.9. The monoisotopic (exact) mass is 374 g/mol. The lowest BCUT2D eigenvalue weighted by Crippen LogP contribution is -2.45. The molecule has 2 amide bonds. The van der Waals surface area contributed by atoms with E-state index < -0.39 is 5.97 Å². The highest BCUT2D eigenvalue weighted by atomic mass is 16.5. The van der Waals surface area contributed by atoms with Crippen LogP contribution in [0.15, 0.2) is 24.3 Å². The first-order valence-corrected chi connectivity index (χ1v) is 9.57. The predicted molar refractivity (Wildman–Crippen MR) is 99.3 cm³/mol. The summed E-state index contributed by atoms with van der Waals surface area (Å²) in [5.41, 5.74) is 0.803. The Morgan fingerprint density at radius 3 is 2.59 bits per heavy atom. The number of hydrogen-bond acceptors (Lipinski definition) is 5. The normalized spacial score (nSPS) is 20.3. The van der Waals surface area contributed by atoms with E-state index in [0.29, 0.717) is 43.8 Å². The third kappa shape index (κ3) is 4.66. The van der Waals surface area contributed by atoms with Crippen LogP contribution in [0.2, 0.25) is 0 Å². The summed E-state index contributed by atoms with van der Waals surface area (Å²) in [6.07, 6.45) is 2.60. The smallest absolute Gasteiger partial charge is 0.340 e. The van der Waals surface area contributed by atoms with Crippen molar-refractivity contribution in [2.24, 2.45) is 5.92 Å². The third-order valence-electron chi connectivity index (χ3n) is 5.06. The molecule has 1 aromatic carbocycles. The molecule has 1 unspecified atom stereocenters. The summed E-state index contributed by atoms with van der Waals surface area (Å²) < 4.78 is 10.5. The van der Waals surface area contributed by atoms with Gasteiger partial charge in [-0.15, -0.1) is 0 Å². The third-order valence-corrected chi connectivity index (χ3v) is 5.06. The van der Waals surface area contributed by atoms with Crippen molar-refractivity contribution in [3.05, 3.63) is 29.8 Å². The number of anilines is 1. The predicted octanol–water partition coefficient (Wildman–Crippen LogP) is 2.22. The molecule has 7 heteroatoms. The van der Waals surface area contributed by atoms with Crippen molar-refractivity contribution in [3.63, 3.8) is 0 Å². The van der Waals surface area contributed by atoms with E-state index in [1.165, 1.54) is 0 Å². The molecule has 27 heavy (non-hydrogen) atoms. The second-order valence-electron chi connectivity index (χ2n) is 6.86. The van der Waals surface area contributed by atoms with Gasteiger partial charge in [0.15, 0.2) is 0 Å². The van der Waals surface area contributed by atoms with E-state index in [1.54, 1.807) is 36.1 Å². The molecule has 2 saturated heterocycles. The molecule has 0 aliphatic carbocycles. The Morgan fingerprint density at radius 1 is 1.19 bits per heavy atom. The molecule has 0 bridgehead atoms. The van der Waals surface area contributed by atoms with Crippen molar-refractivity contribution in [2.75, 3.05) is 31.6 Å². The molecule has 0 saturated carbocycles. The Hall–Kier alpha value is -2.41. The van der Waals surface area contributed by atoms with Gasteiger partial charge in [0, 0.05) is 25.6 Å². The zero-order valence-electron chi connectivity index (χ0n) is 15.6. The van der Waals surface area contributed by atoms with Crippen molar-refractivity contribution in [3.8, 4) is 0 Å². The maximum atomic E-state index is 12.6. The average Bonchev–Trinajstić information content (AvgIpc) is 3.23. The second-order valence-corrected chi connectivity index (χ2v) is 6.86. The van der Waals surface area contributed by atoms with E-state index in [4.69, 9.17) is 9.47 Å². The van der Waals surface area contributed by atoms with Crippen LogP contribution in [0, 0.1) is 5.92 Å². The number of amides is 2. The van der Waals surface area contributed by atoms with E-state index in [2.05, 4.69) is 5.32 Å². The molecule has 3 rings (SSSR count). The van der Waals surface area contributed by atoms with Crippen molar-refractivity contribution >= 4 is 23.5 Å². The molecule has 146 valence electrons. The SMILES string of the molecule is CCOC(=O)c1ccccc1NC(=O)C1CCN(C(=O)C2CCCO2)CC1. The van der Waals surface area contributed by atoms with Crippen LogP contribution in [0.3, 0.4) is 0 Å². The number of likely N-dealkylation sites (tertiary alicyclic amines) is 1. The van der Waals surface area contributed by atoms with Crippen LogP contribution in [0.5, 0.6) is 0 Å². The number of ether oxygens (including phenoxy) is 2. The van der Waals surface area contributed by atoms with Crippen LogP contribution in [0.4, 0.5) is 5.69 Å². The van der Waals surface area contributed by atoms with Crippen molar-refractivity contribution in [2.45, 2.75) is 38.7 Å². The number of carbonyl (C=O) groups excluding carboxylic acids is 3. The molecule has 0 aromatic heterocycles. The molecule has 2 heterocycles. The first-order valence-electron chi connectivity index (χ1n) is 9.57. The first-order chi connectivity index (χ1) is 13.1. The van der Waals surface area contributed by atoms with Gasteiger partial charge in [-0.1, -0.05) is 12.1 Å². The lowest BCUT2D eigenvalue weighted by molar-refractivity contribution is -0.143. The van der Waals surface area contributed by atoms with Crippen molar-refractivity contribution < 1.29 is 23.9 Å². The highest BCUT2D eigenvalue weighted by Crippen LogP contribution is 2.24. The maximum absolute atomic E-state index is 12.6. The second kappa shape index (κ2) is 8.99. The van der Waals surface area contributed by atoms with E-state index >= 15 is 0 Å². The summed E-state index contributed by atoms with van der Waals surface area (Å²) in [6, 6.07) is 6.83. The van der Waals surface area contributed by atoms with Crippen LogP contribution >= 0.6 is 0 Å². The van der Waals surface area contributed by atoms with E-state index in [0.717, 1.165) is 12.8 Å². The average molecular weight is 374 g/mol. The molecule has 1 N–H and O–H groups in total. The summed E-state index contributed by atoms with van der Waals surface area (Å²) in [6.45, 7) is 3.77. The summed E-state index contributed by atoms with van der Waals surface area (Å²) >= 11 is 0. The minimum Gasteiger partial charge on any atom is -0.462 e. The van der Waals surface area contributed by atoms with Crippen LogP contribution in [-0.4, -0.2) is 55.1 Å². The van der Waals surface area contributed by atoms with Gasteiger partial charge in [-0.05, 0) is 44.7 Å². The van der Waals surface area contributed by atoms with Gasteiger partial charge < -0.3 is 19.7 Å². The maximum Gasteiger partial charge on any atom is 0.340 e. The Labute approximate surface area is 159 Å². The molecular formula is C20H26N2O5. The number of rotatable bonds is 5. The molecule has 1 aromatic rings. The van der Waals surface area contributed by atoms with Crippen LogP contribution < -0.4 is 5.32 Å². The topological polar surface area (TPSA) is 84.9 Å². The van der Waals surface area contributed by atoms with Gasteiger partial charge in [0.05, 0.1) is 17.9 Å². The van der Waals surface area contributed by atoms with Gasteiger partial charge in [0.2, 0.25) is 5.91 Å². The van der Waals surface area contributed by atoms with E-state index in [-0.39, 0.29) is 30.4 Å². The minimum absolute atomic E-state index is 0.0408. The number of nitrogens with zero attached hydrogens (tertiary/aromatic N) is 1. The fourth-order valence-corrected chi connectivity index (χ4v) is 3.55. The molecular weight excluding hydrogens is 348 g/mol. The molecule has 7 nitrogen and oxygen atoms in total.